The fourth-order valence-electron chi connectivity index (χ4n) is 0.997. The normalized spacial score (nSPS) is 11.0. The van der Waals surface area contributed by atoms with E-state index in [1.54, 1.807) is 0 Å². The average Bonchev–Trinajstić information content (AvgIpc) is 2.21. The number of nitrogens with one attached hydrogen (secondary N) is 2. The van der Waals surface area contributed by atoms with Crippen molar-refractivity contribution >= 4 is 27.8 Å². The summed E-state index contributed by atoms with van der Waals surface area (Å²) in [6.07, 6.45) is 1.22. The molecule has 0 radical (unpaired) electrons. The summed E-state index contributed by atoms with van der Waals surface area (Å²) in [6, 6.07) is 1.33. The van der Waals surface area contributed by atoms with E-state index in [0.29, 0.717) is 0 Å². The van der Waals surface area contributed by atoms with E-state index in [0.717, 1.165) is 0 Å². The van der Waals surface area contributed by atoms with Crippen molar-refractivity contribution < 1.29 is 14.7 Å². The number of hydrogen-bond donors (Lipinski definition) is 3. The Hall–Kier alpha value is -1.63. The number of carbonyl (C=O) groups excluding carboxylic acids is 1. The molecular weight excluding hydrogens is 292 g/mol. The lowest BCUT2D eigenvalue weighted by molar-refractivity contribution is -0.143. The molecule has 3 N–H and O–H groups in total. The molecule has 17 heavy (non-hydrogen) atoms. The summed E-state index contributed by atoms with van der Waals surface area (Å²) in [5.74, 6) is -1.72. The minimum Gasteiger partial charge on any atom is -0.480 e. The Morgan fingerprint density at radius 1 is 1.47 bits per heavy atom. The molecule has 1 heterocycles. The number of pyridine rings is 1. The molecule has 1 rings (SSSR count). The van der Waals surface area contributed by atoms with E-state index >= 15 is 0 Å². The second-order valence-electron chi connectivity index (χ2n) is 3.95. The first-order valence-corrected chi connectivity index (χ1v) is 5.47. The number of aliphatic carboxylic acids is 1. The molecule has 0 aliphatic heterocycles. The van der Waals surface area contributed by atoms with Crippen molar-refractivity contribution in [1.82, 2.24) is 10.3 Å². The van der Waals surface area contributed by atoms with Crippen LogP contribution in [-0.2, 0) is 4.79 Å². The van der Waals surface area contributed by atoms with Crippen LogP contribution in [-0.4, -0.2) is 27.5 Å². The van der Waals surface area contributed by atoms with Crippen LogP contribution < -0.4 is 10.9 Å². The van der Waals surface area contributed by atoms with Gasteiger partial charge < -0.3 is 15.4 Å². The SMILES string of the molecule is CC(C)(NC(=O)c1c[nH]c(=O)c(Br)c1)C(=O)O. The maximum Gasteiger partial charge on any atom is 0.328 e. The first-order chi connectivity index (χ1) is 7.74. The summed E-state index contributed by atoms with van der Waals surface area (Å²) >= 11 is 2.98. The van der Waals surface area contributed by atoms with Gasteiger partial charge in [0.25, 0.3) is 11.5 Å². The highest BCUT2D eigenvalue weighted by Crippen LogP contribution is 2.08. The van der Waals surface area contributed by atoms with E-state index in [9.17, 15) is 14.4 Å². The number of hydrogen-bond acceptors (Lipinski definition) is 3. The molecule has 0 fully saturated rings. The van der Waals surface area contributed by atoms with Gasteiger partial charge in [0.2, 0.25) is 0 Å². The Balaban J connectivity index is 2.95. The van der Waals surface area contributed by atoms with Crippen LogP contribution in [0.5, 0.6) is 0 Å². The van der Waals surface area contributed by atoms with Crippen LogP contribution in [0.2, 0.25) is 0 Å². The molecule has 0 bridgehead atoms. The number of H-pyrrole nitrogens is 1. The highest BCUT2D eigenvalue weighted by molar-refractivity contribution is 9.10. The van der Waals surface area contributed by atoms with Gasteiger partial charge in [0.1, 0.15) is 5.54 Å². The Kier molecular flexibility index (Phi) is 3.72. The third kappa shape index (κ3) is 3.16. The summed E-state index contributed by atoms with van der Waals surface area (Å²) in [5, 5.41) is 11.2. The van der Waals surface area contributed by atoms with Crippen LogP contribution in [0, 0.1) is 0 Å². The summed E-state index contributed by atoms with van der Waals surface area (Å²) in [4.78, 5) is 36.0. The number of amides is 1. The molecule has 0 atom stereocenters. The fraction of sp³-hybridized carbons (Fsp3) is 0.300. The largest absolute Gasteiger partial charge is 0.480 e. The van der Waals surface area contributed by atoms with Gasteiger partial charge in [-0.05, 0) is 35.8 Å². The van der Waals surface area contributed by atoms with Crippen molar-refractivity contribution in [2.24, 2.45) is 0 Å². The van der Waals surface area contributed by atoms with E-state index < -0.39 is 17.4 Å². The molecule has 7 heteroatoms. The molecule has 1 aromatic rings. The summed E-state index contributed by atoms with van der Waals surface area (Å²) in [5.41, 5.74) is -1.57. The fourth-order valence-corrected chi connectivity index (χ4v) is 1.36. The van der Waals surface area contributed by atoms with Gasteiger partial charge in [-0.15, -0.1) is 0 Å². The lowest BCUT2D eigenvalue weighted by Crippen LogP contribution is -2.49. The Bertz CT molecular complexity index is 521. The maximum absolute atomic E-state index is 11.7. The molecule has 0 aliphatic rings. The molecule has 1 amide bonds. The first kappa shape index (κ1) is 13.4. The van der Waals surface area contributed by atoms with E-state index in [1.165, 1.54) is 26.1 Å². The lowest BCUT2D eigenvalue weighted by atomic mass is 10.1. The molecule has 0 aromatic carbocycles. The van der Waals surface area contributed by atoms with Gasteiger partial charge >= 0.3 is 5.97 Å². The van der Waals surface area contributed by atoms with Crippen molar-refractivity contribution in [3.8, 4) is 0 Å². The molecule has 0 unspecified atom stereocenters. The lowest BCUT2D eigenvalue weighted by Gasteiger charge is -2.20. The zero-order valence-electron chi connectivity index (χ0n) is 9.20. The predicted molar refractivity (Wildman–Crippen MR) is 63.9 cm³/mol. The molecule has 1 aromatic heterocycles. The zero-order chi connectivity index (χ0) is 13.2. The van der Waals surface area contributed by atoms with Crippen molar-refractivity contribution in [1.29, 1.82) is 0 Å². The van der Waals surface area contributed by atoms with Crippen LogP contribution in [0.15, 0.2) is 21.5 Å². The smallest absolute Gasteiger partial charge is 0.328 e. The molecule has 92 valence electrons. The van der Waals surface area contributed by atoms with Crippen LogP contribution in [0.1, 0.15) is 24.2 Å². The van der Waals surface area contributed by atoms with Crippen LogP contribution in [0.25, 0.3) is 0 Å². The summed E-state index contributed by atoms with van der Waals surface area (Å²) in [6.45, 7) is 2.74. The minimum absolute atomic E-state index is 0.172. The number of carboxylic acids is 1. The Morgan fingerprint density at radius 2 is 2.06 bits per heavy atom. The highest BCUT2D eigenvalue weighted by atomic mass is 79.9. The van der Waals surface area contributed by atoms with Crippen LogP contribution >= 0.6 is 15.9 Å². The minimum atomic E-state index is -1.38. The van der Waals surface area contributed by atoms with E-state index in [4.69, 9.17) is 5.11 Å². The topological polar surface area (TPSA) is 99.3 Å². The van der Waals surface area contributed by atoms with E-state index in [1.807, 2.05) is 0 Å². The highest BCUT2D eigenvalue weighted by Gasteiger charge is 2.29. The number of carbonyl (C=O) groups is 2. The number of carboxylic acid groups (broad SMARTS) is 1. The van der Waals surface area contributed by atoms with Gasteiger partial charge in [-0.1, -0.05) is 0 Å². The molecule has 0 saturated carbocycles. The van der Waals surface area contributed by atoms with Gasteiger partial charge in [0, 0.05) is 6.20 Å². The third-order valence-electron chi connectivity index (χ3n) is 2.08. The standard InChI is InChI=1S/C10H11BrN2O4/c1-10(2,9(16)17)13-7(14)5-3-6(11)8(15)12-4-5/h3-4H,1-2H3,(H,12,15)(H,13,14)(H,16,17). The monoisotopic (exact) mass is 302 g/mol. The van der Waals surface area contributed by atoms with Gasteiger partial charge in [-0.2, -0.15) is 0 Å². The zero-order valence-corrected chi connectivity index (χ0v) is 10.8. The van der Waals surface area contributed by atoms with Crippen LogP contribution in [0.3, 0.4) is 0 Å². The van der Waals surface area contributed by atoms with Crippen molar-refractivity contribution in [3.05, 3.63) is 32.7 Å². The predicted octanol–water partition coefficient (Wildman–Crippen LogP) is 0.730. The summed E-state index contributed by atoms with van der Waals surface area (Å²) in [7, 11) is 0. The molecule has 6 nitrogen and oxygen atoms in total. The number of halogens is 1. The average molecular weight is 303 g/mol. The van der Waals surface area contributed by atoms with Gasteiger partial charge in [0.05, 0.1) is 10.0 Å². The van der Waals surface area contributed by atoms with Gasteiger partial charge in [0.15, 0.2) is 0 Å². The maximum atomic E-state index is 11.7. The van der Waals surface area contributed by atoms with E-state index in [2.05, 4.69) is 26.2 Å². The summed E-state index contributed by atoms with van der Waals surface area (Å²) < 4.78 is 0.207. The number of aromatic nitrogens is 1. The Labute approximate surface area is 105 Å². The first-order valence-electron chi connectivity index (χ1n) is 4.68. The van der Waals surface area contributed by atoms with Gasteiger partial charge in [-0.3, -0.25) is 9.59 Å². The molecule has 0 saturated heterocycles. The van der Waals surface area contributed by atoms with E-state index in [-0.39, 0.29) is 15.6 Å². The number of aromatic amines is 1. The second-order valence-corrected chi connectivity index (χ2v) is 4.80. The second kappa shape index (κ2) is 4.70. The molecule has 0 spiro atoms. The third-order valence-corrected chi connectivity index (χ3v) is 2.67. The number of rotatable bonds is 3. The van der Waals surface area contributed by atoms with Gasteiger partial charge in [-0.25, -0.2) is 4.79 Å². The van der Waals surface area contributed by atoms with Crippen molar-refractivity contribution in [2.75, 3.05) is 0 Å². The quantitative estimate of drug-likeness (QED) is 0.766. The van der Waals surface area contributed by atoms with Crippen molar-refractivity contribution in [2.45, 2.75) is 19.4 Å². The molecule has 0 aliphatic carbocycles. The van der Waals surface area contributed by atoms with Crippen molar-refractivity contribution in [3.63, 3.8) is 0 Å². The Morgan fingerprint density at radius 3 is 2.53 bits per heavy atom. The van der Waals surface area contributed by atoms with Crippen LogP contribution in [0.4, 0.5) is 0 Å². The molecular formula is C10H11BrN2O4.